The van der Waals surface area contributed by atoms with Crippen molar-refractivity contribution >= 4 is 5.69 Å². The zero-order valence-corrected chi connectivity index (χ0v) is 12.2. The first kappa shape index (κ1) is 14.9. The number of nitro groups is 1. The van der Waals surface area contributed by atoms with Gasteiger partial charge in [0, 0.05) is 44.4 Å². The van der Waals surface area contributed by atoms with Gasteiger partial charge in [0.05, 0.1) is 4.92 Å². The molecule has 0 radical (unpaired) electrons. The molecule has 5 heteroatoms. The van der Waals surface area contributed by atoms with Gasteiger partial charge in [-0.3, -0.25) is 15.0 Å². The summed E-state index contributed by atoms with van der Waals surface area (Å²) in [4.78, 5) is 12.9. The summed E-state index contributed by atoms with van der Waals surface area (Å²) in [5, 5.41) is 14.1. The largest absolute Gasteiger partial charge is 0.314 e. The van der Waals surface area contributed by atoms with E-state index in [1.807, 2.05) is 12.1 Å². The molecule has 1 heterocycles. The third-order valence-electron chi connectivity index (χ3n) is 3.78. The van der Waals surface area contributed by atoms with Crippen molar-refractivity contribution in [3.8, 4) is 0 Å². The van der Waals surface area contributed by atoms with Gasteiger partial charge in [-0.1, -0.05) is 26.0 Å². The van der Waals surface area contributed by atoms with Crippen LogP contribution in [-0.4, -0.2) is 36.0 Å². The summed E-state index contributed by atoms with van der Waals surface area (Å²) in [7, 11) is 0. The molecule has 1 aliphatic heterocycles. The molecule has 110 valence electrons. The Bertz CT molecular complexity index is 439. The molecule has 2 rings (SSSR count). The van der Waals surface area contributed by atoms with Gasteiger partial charge in [0.2, 0.25) is 0 Å². The van der Waals surface area contributed by atoms with E-state index in [0.717, 1.165) is 32.6 Å². The normalized spacial score (nSPS) is 18.1. The van der Waals surface area contributed by atoms with Gasteiger partial charge in [0.15, 0.2) is 0 Å². The van der Waals surface area contributed by atoms with Crippen molar-refractivity contribution in [3.05, 3.63) is 39.9 Å². The summed E-state index contributed by atoms with van der Waals surface area (Å²) in [6.45, 7) is 8.55. The molecule has 20 heavy (non-hydrogen) atoms. The third kappa shape index (κ3) is 3.77. The average molecular weight is 277 g/mol. The van der Waals surface area contributed by atoms with Gasteiger partial charge >= 0.3 is 0 Å². The maximum absolute atomic E-state index is 10.7. The summed E-state index contributed by atoms with van der Waals surface area (Å²) >= 11 is 0. The van der Waals surface area contributed by atoms with Crippen LogP contribution in [-0.2, 0) is 0 Å². The first-order valence-corrected chi connectivity index (χ1v) is 7.27. The second-order valence-corrected chi connectivity index (χ2v) is 5.78. The Kier molecular flexibility index (Phi) is 5.09. The molecule has 0 amide bonds. The van der Waals surface area contributed by atoms with E-state index in [1.54, 1.807) is 12.1 Å². The first-order chi connectivity index (χ1) is 9.58. The Labute approximate surface area is 120 Å². The van der Waals surface area contributed by atoms with Crippen molar-refractivity contribution < 1.29 is 4.92 Å². The number of non-ortho nitro benzene ring substituents is 1. The number of nitrogens with zero attached hydrogens (tertiary/aromatic N) is 2. The van der Waals surface area contributed by atoms with Crippen LogP contribution in [0.3, 0.4) is 0 Å². The average Bonchev–Trinajstić information content (AvgIpc) is 2.45. The molecule has 0 bridgehead atoms. The summed E-state index contributed by atoms with van der Waals surface area (Å²) < 4.78 is 0. The Hall–Kier alpha value is -1.46. The molecule has 0 saturated carbocycles. The Morgan fingerprint density at radius 1 is 1.25 bits per heavy atom. The van der Waals surface area contributed by atoms with Crippen LogP contribution in [0.4, 0.5) is 5.69 Å². The number of nitro benzene ring substituents is 1. The van der Waals surface area contributed by atoms with Crippen LogP contribution in [0.25, 0.3) is 0 Å². The fourth-order valence-electron chi connectivity index (χ4n) is 2.75. The van der Waals surface area contributed by atoms with Crippen LogP contribution in [0.1, 0.15) is 31.9 Å². The number of benzene rings is 1. The minimum absolute atomic E-state index is 0.164. The first-order valence-electron chi connectivity index (χ1n) is 7.27. The zero-order valence-electron chi connectivity index (χ0n) is 12.2. The van der Waals surface area contributed by atoms with Gasteiger partial charge < -0.3 is 5.32 Å². The monoisotopic (exact) mass is 277 g/mol. The molecule has 0 unspecified atom stereocenters. The van der Waals surface area contributed by atoms with E-state index in [4.69, 9.17) is 0 Å². The van der Waals surface area contributed by atoms with Gasteiger partial charge in [-0.05, 0) is 17.9 Å². The number of nitrogens with one attached hydrogen (secondary N) is 1. The predicted octanol–water partition coefficient (Wildman–Crippen LogP) is 2.59. The number of rotatable bonds is 5. The Morgan fingerprint density at radius 2 is 1.85 bits per heavy atom. The van der Waals surface area contributed by atoms with E-state index in [0.29, 0.717) is 12.0 Å². The van der Waals surface area contributed by atoms with Crippen molar-refractivity contribution in [2.75, 3.05) is 26.2 Å². The molecule has 0 aromatic heterocycles. The van der Waals surface area contributed by atoms with Crippen LogP contribution in [0.15, 0.2) is 24.3 Å². The highest BCUT2D eigenvalue weighted by Gasteiger charge is 2.23. The van der Waals surface area contributed by atoms with E-state index in [-0.39, 0.29) is 10.6 Å². The molecular weight excluding hydrogens is 254 g/mol. The standard InChI is InChI=1S/C15H23N3O2/c1-12(2)11-15(17-9-7-16-8-10-17)13-3-5-14(6-4-13)18(19)20/h3-6,12,15-16H,7-11H2,1-2H3/t15-/m1/s1. The van der Waals surface area contributed by atoms with Gasteiger partial charge in [-0.15, -0.1) is 0 Å². The quantitative estimate of drug-likeness (QED) is 0.664. The summed E-state index contributed by atoms with van der Waals surface area (Å²) in [5.74, 6) is 0.602. The van der Waals surface area contributed by atoms with Crippen molar-refractivity contribution in [2.24, 2.45) is 5.92 Å². The zero-order chi connectivity index (χ0) is 14.5. The minimum atomic E-state index is -0.341. The van der Waals surface area contributed by atoms with E-state index in [1.165, 1.54) is 5.56 Å². The van der Waals surface area contributed by atoms with Crippen molar-refractivity contribution in [3.63, 3.8) is 0 Å². The molecule has 5 nitrogen and oxygen atoms in total. The minimum Gasteiger partial charge on any atom is -0.314 e. The van der Waals surface area contributed by atoms with Crippen LogP contribution >= 0.6 is 0 Å². The molecule has 1 saturated heterocycles. The molecule has 1 N–H and O–H groups in total. The van der Waals surface area contributed by atoms with Crippen LogP contribution in [0.5, 0.6) is 0 Å². The summed E-state index contributed by atoms with van der Waals surface area (Å²) in [6, 6.07) is 7.41. The third-order valence-corrected chi connectivity index (χ3v) is 3.78. The summed E-state index contributed by atoms with van der Waals surface area (Å²) in [5.41, 5.74) is 1.35. The molecule has 1 aromatic rings. The lowest BCUT2D eigenvalue weighted by molar-refractivity contribution is -0.384. The Balaban J connectivity index is 2.18. The van der Waals surface area contributed by atoms with Gasteiger partial charge in [-0.25, -0.2) is 0 Å². The fraction of sp³-hybridized carbons (Fsp3) is 0.600. The van der Waals surface area contributed by atoms with E-state index in [2.05, 4.69) is 24.1 Å². The van der Waals surface area contributed by atoms with Crippen molar-refractivity contribution in [1.82, 2.24) is 10.2 Å². The number of piperazine rings is 1. The van der Waals surface area contributed by atoms with Gasteiger partial charge in [0.25, 0.3) is 5.69 Å². The lowest BCUT2D eigenvalue weighted by Gasteiger charge is -2.36. The van der Waals surface area contributed by atoms with Crippen LogP contribution in [0.2, 0.25) is 0 Å². The number of hydrogen-bond donors (Lipinski definition) is 1. The highest BCUT2D eigenvalue weighted by atomic mass is 16.6. The molecular formula is C15H23N3O2. The van der Waals surface area contributed by atoms with E-state index < -0.39 is 0 Å². The fourth-order valence-corrected chi connectivity index (χ4v) is 2.75. The van der Waals surface area contributed by atoms with Gasteiger partial charge in [-0.2, -0.15) is 0 Å². The second-order valence-electron chi connectivity index (χ2n) is 5.78. The maximum atomic E-state index is 10.7. The van der Waals surface area contributed by atoms with Crippen molar-refractivity contribution in [1.29, 1.82) is 0 Å². The van der Waals surface area contributed by atoms with Gasteiger partial charge in [0.1, 0.15) is 0 Å². The molecule has 1 atom stereocenters. The lowest BCUT2D eigenvalue weighted by atomic mass is 9.95. The molecule has 1 fully saturated rings. The molecule has 1 aliphatic rings. The molecule has 0 aliphatic carbocycles. The summed E-state index contributed by atoms with van der Waals surface area (Å²) in [6.07, 6.45) is 1.08. The second kappa shape index (κ2) is 6.81. The Morgan fingerprint density at radius 3 is 2.35 bits per heavy atom. The van der Waals surface area contributed by atoms with E-state index >= 15 is 0 Å². The number of hydrogen-bond acceptors (Lipinski definition) is 4. The predicted molar refractivity (Wildman–Crippen MR) is 79.7 cm³/mol. The van der Waals surface area contributed by atoms with E-state index in [9.17, 15) is 10.1 Å². The maximum Gasteiger partial charge on any atom is 0.269 e. The molecule has 1 aromatic carbocycles. The highest BCUT2D eigenvalue weighted by Crippen LogP contribution is 2.29. The highest BCUT2D eigenvalue weighted by molar-refractivity contribution is 5.34. The van der Waals surface area contributed by atoms with Crippen LogP contribution in [0, 0.1) is 16.0 Å². The van der Waals surface area contributed by atoms with Crippen LogP contribution < -0.4 is 5.32 Å². The SMILES string of the molecule is CC(C)C[C@H](c1ccc([N+](=O)[O-])cc1)N1CCNCC1. The van der Waals surface area contributed by atoms with Crippen molar-refractivity contribution in [2.45, 2.75) is 26.3 Å². The lowest BCUT2D eigenvalue weighted by Crippen LogP contribution is -2.45. The topological polar surface area (TPSA) is 58.4 Å². The smallest absolute Gasteiger partial charge is 0.269 e. The molecule has 0 spiro atoms.